The lowest BCUT2D eigenvalue weighted by atomic mass is 10.0. The first-order valence-electron chi connectivity index (χ1n) is 12.7. The molecule has 0 aliphatic rings. The minimum atomic E-state index is -1.02. The van der Waals surface area contributed by atoms with Crippen LogP contribution in [0, 0.1) is 0 Å². The first-order valence-corrected chi connectivity index (χ1v) is 12.7. The maximum atomic E-state index is 13.2. The molecule has 0 saturated carbocycles. The van der Waals surface area contributed by atoms with E-state index in [-0.39, 0.29) is 17.0 Å². The van der Waals surface area contributed by atoms with E-state index in [1.54, 1.807) is 51.1 Å². The van der Waals surface area contributed by atoms with E-state index in [1.165, 1.54) is 0 Å². The van der Waals surface area contributed by atoms with Gasteiger partial charge in [0, 0.05) is 16.8 Å². The van der Waals surface area contributed by atoms with Crippen LogP contribution in [0.1, 0.15) is 42.3 Å². The Morgan fingerprint density at radius 1 is 0.947 bits per heavy atom. The zero-order chi connectivity index (χ0) is 27.8. The van der Waals surface area contributed by atoms with Crippen molar-refractivity contribution < 1.29 is 24.0 Å². The van der Waals surface area contributed by atoms with Crippen LogP contribution in [-0.2, 0) is 17.7 Å². The van der Waals surface area contributed by atoms with Gasteiger partial charge in [-0.05, 0) is 57.0 Å². The molecule has 3 rings (SSSR count). The number of quaternary nitrogens is 1. The van der Waals surface area contributed by atoms with Gasteiger partial charge in [0.1, 0.15) is 24.8 Å². The van der Waals surface area contributed by atoms with E-state index in [1.807, 2.05) is 61.6 Å². The largest absolute Gasteiger partial charge is 0.444 e. The van der Waals surface area contributed by atoms with Crippen LogP contribution in [0.5, 0.6) is 0 Å². The van der Waals surface area contributed by atoms with Gasteiger partial charge in [0.2, 0.25) is 0 Å². The fourth-order valence-corrected chi connectivity index (χ4v) is 4.29. The first kappa shape index (κ1) is 28.7. The van der Waals surface area contributed by atoms with Gasteiger partial charge in [0.05, 0.1) is 13.1 Å². The molecule has 0 fully saturated rings. The van der Waals surface area contributed by atoms with E-state index in [2.05, 4.69) is 10.7 Å². The summed E-state index contributed by atoms with van der Waals surface area (Å²) in [6.07, 6.45) is -1.26. The number of nitrogens with two attached hydrogens (primary N) is 1. The second-order valence-corrected chi connectivity index (χ2v) is 10.8. The SMILES string of the molecule is CC(C)(C)OC(=O)N[C@@H](Cc1ccccc1)[C@@H](O)C[N+](C)(Cc1cccc(N)c1)NC(=O)c1ccccc1. The molecule has 0 aromatic heterocycles. The molecular weight excluding hydrogens is 480 g/mol. The molecule has 0 saturated heterocycles. The van der Waals surface area contributed by atoms with Crippen LogP contribution < -0.4 is 16.5 Å². The van der Waals surface area contributed by atoms with Crippen molar-refractivity contribution in [3.63, 3.8) is 0 Å². The zero-order valence-corrected chi connectivity index (χ0v) is 22.6. The predicted octanol–water partition coefficient (Wildman–Crippen LogP) is 4.06. The van der Waals surface area contributed by atoms with Gasteiger partial charge in [0.25, 0.3) is 5.91 Å². The highest BCUT2D eigenvalue weighted by atomic mass is 16.6. The van der Waals surface area contributed by atoms with Gasteiger partial charge in [-0.25, -0.2) is 9.39 Å². The van der Waals surface area contributed by atoms with E-state index >= 15 is 0 Å². The average molecular weight is 520 g/mol. The van der Waals surface area contributed by atoms with Gasteiger partial charge >= 0.3 is 6.09 Å². The second-order valence-electron chi connectivity index (χ2n) is 10.8. The van der Waals surface area contributed by atoms with E-state index in [9.17, 15) is 14.7 Å². The van der Waals surface area contributed by atoms with Crippen LogP contribution in [0.15, 0.2) is 84.9 Å². The Bertz CT molecular complexity index is 1200. The number of hydrogen-bond acceptors (Lipinski definition) is 5. The molecule has 0 bridgehead atoms. The van der Waals surface area contributed by atoms with Crippen molar-refractivity contribution in [3.05, 3.63) is 102 Å². The molecule has 3 atom stereocenters. The third-order valence-electron chi connectivity index (χ3n) is 5.95. The van der Waals surface area contributed by atoms with Gasteiger partial charge < -0.3 is 20.9 Å². The lowest BCUT2D eigenvalue weighted by Crippen LogP contribution is -2.62. The predicted molar refractivity (Wildman–Crippen MR) is 149 cm³/mol. The van der Waals surface area contributed by atoms with Crippen LogP contribution in [0.25, 0.3) is 0 Å². The minimum absolute atomic E-state index is 0.0281. The third-order valence-corrected chi connectivity index (χ3v) is 5.95. The minimum Gasteiger partial charge on any atom is -0.444 e. The number of nitrogens with one attached hydrogen (secondary N) is 2. The molecule has 0 radical (unpaired) electrons. The highest BCUT2D eigenvalue weighted by Crippen LogP contribution is 2.17. The quantitative estimate of drug-likeness (QED) is 0.183. The van der Waals surface area contributed by atoms with Crippen molar-refractivity contribution in [2.75, 3.05) is 19.3 Å². The number of alkyl carbamates (subject to hydrolysis) is 1. The van der Waals surface area contributed by atoms with Crippen LogP contribution in [-0.4, -0.2) is 53.0 Å². The summed E-state index contributed by atoms with van der Waals surface area (Å²) in [4.78, 5) is 25.9. The number of aliphatic hydroxyl groups excluding tert-OH is 1. The molecular formula is C30H39N4O4+. The van der Waals surface area contributed by atoms with E-state index in [0.29, 0.717) is 24.2 Å². The topological polar surface area (TPSA) is 114 Å². The number of likely N-dealkylation sites (N-methyl/N-ethyl adjacent to an activating group) is 1. The molecule has 0 heterocycles. The monoisotopic (exact) mass is 519 g/mol. The Balaban J connectivity index is 1.87. The summed E-state index contributed by atoms with van der Waals surface area (Å²) in [6.45, 7) is 5.83. The highest BCUT2D eigenvalue weighted by molar-refractivity contribution is 5.93. The molecule has 3 aromatic carbocycles. The van der Waals surface area contributed by atoms with Crippen molar-refractivity contribution in [2.45, 2.75) is 51.5 Å². The number of ether oxygens (including phenoxy) is 1. The molecule has 1 unspecified atom stereocenters. The van der Waals surface area contributed by atoms with Gasteiger partial charge in [-0.1, -0.05) is 60.7 Å². The number of nitrogen functional groups attached to an aromatic ring is 1. The maximum Gasteiger partial charge on any atom is 0.407 e. The summed E-state index contributed by atoms with van der Waals surface area (Å²) in [6, 6.07) is 25.3. The number of nitrogens with zero attached hydrogens (tertiary/aromatic N) is 1. The molecule has 0 aliphatic heterocycles. The summed E-state index contributed by atoms with van der Waals surface area (Å²) < 4.78 is 5.44. The lowest BCUT2D eigenvalue weighted by Gasteiger charge is -2.37. The second kappa shape index (κ2) is 12.6. The summed E-state index contributed by atoms with van der Waals surface area (Å²) in [5.41, 5.74) is 11.4. The molecule has 202 valence electrons. The van der Waals surface area contributed by atoms with Crippen molar-refractivity contribution in [3.8, 4) is 0 Å². The van der Waals surface area contributed by atoms with Crippen LogP contribution in [0.4, 0.5) is 10.5 Å². The van der Waals surface area contributed by atoms with Gasteiger partial charge in [-0.2, -0.15) is 5.43 Å². The number of aliphatic hydroxyl groups is 1. The Kier molecular flexibility index (Phi) is 9.50. The fraction of sp³-hybridized carbons (Fsp3) is 0.333. The van der Waals surface area contributed by atoms with Gasteiger partial charge in [0.15, 0.2) is 0 Å². The molecule has 0 aliphatic carbocycles. The van der Waals surface area contributed by atoms with Crippen molar-refractivity contribution in [1.82, 2.24) is 10.7 Å². The average Bonchev–Trinajstić information content (AvgIpc) is 2.83. The number of carbonyl (C=O) groups is 2. The normalized spacial score (nSPS) is 14.6. The molecule has 2 amide bonds. The van der Waals surface area contributed by atoms with Crippen LogP contribution in [0.3, 0.4) is 0 Å². The number of benzene rings is 3. The Morgan fingerprint density at radius 2 is 1.55 bits per heavy atom. The van der Waals surface area contributed by atoms with E-state index < -0.39 is 23.8 Å². The Hall–Kier alpha value is -3.88. The molecule has 0 spiro atoms. The maximum absolute atomic E-state index is 13.2. The number of hydrogen-bond donors (Lipinski definition) is 4. The van der Waals surface area contributed by atoms with Gasteiger partial charge in [-0.15, -0.1) is 0 Å². The summed E-state index contributed by atoms with van der Waals surface area (Å²) in [5, 5.41) is 14.4. The van der Waals surface area contributed by atoms with Crippen LogP contribution >= 0.6 is 0 Å². The molecule has 8 nitrogen and oxygen atoms in total. The number of rotatable bonds is 10. The van der Waals surface area contributed by atoms with Crippen molar-refractivity contribution in [2.24, 2.45) is 0 Å². The van der Waals surface area contributed by atoms with E-state index in [0.717, 1.165) is 11.1 Å². The molecule has 3 aromatic rings. The van der Waals surface area contributed by atoms with Gasteiger partial charge in [-0.3, -0.25) is 4.79 Å². The zero-order valence-electron chi connectivity index (χ0n) is 22.6. The third kappa shape index (κ3) is 9.21. The number of anilines is 1. The molecule has 5 N–H and O–H groups in total. The standard InChI is InChI=1S/C30H38N4O4/c1-30(2,3)38-29(37)32-26(19-22-12-7-5-8-13-22)27(35)21-34(4,20-23-14-11-17-25(31)18-23)33-28(36)24-15-9-6-10-16-24/h5-18,26-27,35H,19-21,31H2,1-4H3,(H-,32,33,36,37)/p+1/t26-,27-,34?/m0/s1. The summed E-state index contributed by atoms with van der Waals surface area (Å²) >= 11 is 0. The van der Waals surface area contributed by atoms with Crippen LogP contribution in [0.2, 0.25) is 0 Å². The summed E-state index contributed by atoms with van der Waals surface area (Å²) in [5.74, 6) is -0.274. The summed E-state index contributed by atoms with van der Waals surface area (Å²) in [7, 11) is 1.83. The number of carbonyl (C=O) groups excluding carboxylic acids is 2. The van der Waals surface area contributed by atoms with E-state index in [4.69, 9.17) is 10.5 Å². The molecule has 8 heteroatoms. The highest BCUT2D eigenvalue weighted by Gasteiger charge is 2.34. The molecule has 38 heavy (non-hydrogen) atoms. The fourth-order valence-electron chi connectivity index (χ4n) is 4.29. The smallest absolute Gasteiger partial charge is 0.407 e. The lowest BCUT2D eigenvalue weighted by molar-refractivity contribution is -0.958. The van der Waals surface area contributed by atoms with Crippen molar-refractivity contribution >= 4 is 17.7 Å². The van der Waals surface area contributed by atoms with Crippen molar-refractivity contribution in [1.29, 1.82) is 0 Å². The Labute approximate surface area is 225 Å². The number of amides is 2. The Morgan fingerprint density at radius 3 is 2.16 bits per heavy atom. The first-order chi connectivity index (χ1) is 17.9.